The van der Waals surface area contributed by atoms with Crippen molar-refractivity contribution in [1.29, 1.82) is 0 Å². The molecule has 0 fully saturated rings. The van der Waals surface area contributed by atoms with E-state index in [-0.39, 0.29) is 41.9 Å². The van der Waals surface area contributed by atoms with Crippen molar-refractivity contribution in [2.45, 2.75) is 6.92 Å². The van der Waals surface area contributed by atoms with Crippen LogP contribution in [-0.2, 0) is 0 Å². The molecule has 2 rings (SSSR count). The van der Waals surface area contributed by atoms with Crippen molar-refractivity contribution < 1.29 is 10.2 Å². The number of rotatable bonds is 0. The fourth-order valence-electron chi connectivity index (χ4n) is 1.12. The van der Waals surface area contributed by atoms with E-state index < -0.39 is 0 Å². The maximum absolute atomic E-state index is 9.41. The predicted octanol–water partition coefficient (Wildman–Crippen LogP) is 2.05. The summed E-state index contributed by atoms with van der Waals surface area (Å²) < 4.78 is 0.948. The molecule has 0 unspecified atom stereocenters. The number of nitrogens with zero attached hydrogens (tertiary/aromatic N) is 1. The molecule has 2 N–H and O–H groups in total. The first-order valence-corrected chi connectivity index (χ1v) is 5.33. The summed E-state index contributed by atoms with van der Waals surface area (Å²) in [6.45, 7) is 1.93. The monoisotopic (exact) mass is 293 g/mol. The van der Waals surface area contributed by atoms with Gasteiger partial charge in [-0.1, -0.05) is 22.0 Å². The Balaban J connectivity index is 0.000000511. The van der Waals surface area contributed by atoms with Gasteiger partial charge in [0.1, 0.15) is 11.3 Å². The van der Waals surface area contributed by atoms with Crippen LogP contribution >= 0.6 is 15.9 Å². The summed E-state index contributed by atoms with van der Waals surface area (Å²) >= 11 is 3.38. The Morgan fingerprint density at radius 3 is 2.50 bits per heavy atom. The van der Waals surface area contributed by atoms with Crippen LogP contribution in [0.3, 0.4) is 0 Å². The van der Waals surface area contributed by atoms with Crippen LogP contribution in [0.1, 0.15) is 6.92 Å². The van der Waals surface area contributed by atoms with Gasteiger partial charge in [0.25, 0.3) is 0 Å². The Morgan fingerprint density at radius 2 is 1.94 bits per heavy atom. The summed E-state index contributed by atoms with van der Waals surface area (Å²) in [5, 5.41) is 17.9. The number of fused-ring (bicyclic) bond motifs is 1. The number of pyridine rings is 1. The molecule has 0 aliphatic heterocycles. The zero-order valence-electron chi connectivity index (χ0n) is 8.31. The molecule has 1 aromatic carbocycles. The number of aliphatic hydroxyl groups excluding tert-OH is 1. The third-order valence-electron chi connectivity index (χ3n) is 1.70. The fraction of sp³-hybridized carbons (Fsp3) is 0.182. The van der Waals surface area contributed by atoms with Gasteiger partial charge in [-0.25, -0.2) is 0 Å². The van der Waals surface area contributed by atoms with Gasteiger partial charge in [-0.05, 0) is 25.1 Å². The van der Waals surface area contributed by atoms with Gasteiger partial charge in [-0.15, -0.1) is 0 Å². The molecule has 82 valence electrons. The van der Waals surface area contributed by atoms with Crippen molar-refractivity contribution in [3.05, 3.63) is 34.9 Å². The maximum atomic E-state index is 9.41. The zero-order chi connectivity index (χ0) is 11.3. The molecule has 1 aromatic heterocycles. The normalized spacial score (nSPS) is 8.94. The van der Waals surface area contributed by atoms with Crippen LogP contribution in [-0.4, -0.2) is 51.4 Å². The summed E-state index contributed by atoms with van der Waals surface area (Å²) in [7, 11) is 0. The van der Waals surface area contributed by atoms with Crippen LogP contribution in [0.5, 0.6) is 5.75 Å². The second kappa shape index (κ2) is 8.03. The van der Waals surface area contributed by atoms with Crippen molar-refractivity contribution in [3.63, 3.8) is 0 Å². The van der Waals surface area contributed by atoms with Crippen LogP contribution in [0, 0.1) is 0 Å². The van der Waals surface area contributed by atoms with Gasteiger partial charge in [0, 0.05) is 22.7 Å². The number of halogens is 1. The molecule has 5 heteroatoms. The standard InChI is InChI=1S/C9H6BrNO.C2H6O.Na.H/c10-7-3-4-8(12)9-6(7)2-1-5-11-9;1-2-3;;/h1-5,12H;3H,2H2,1H3;;. The molecule has 0 aliphatic carbocycles. The Kier molecular flexibility index (Phi) is 7.97. The summed E-state index contributed by atoms with van der Waals surface area (Å²) in [4.78, 5) is 4.06. The van der Waals surface area contributed by atoms with Gasteiger partial charge in [0.2, 0.25) is 0 Å². The quantitative estimate of drug-likeness (QED) is 0.731. The number of benzene rings is 1. The minimum atomic E-state index is 0. The molecule has 0 spiro atoms. The second-order valence-electron chi connectivity index (χ2n) is 2.78. The van der Waals surface area contributed by atoms with E-state index >= 15 is 0 Å². The van der Waals surface area contributed by atoms with E-state index in [0.29, 0.717) is 5.52 Å². The van der Waals surface area contributed by atoms with Crippen molar-refractivity contribution in [1.82, 2.24) is 4.98 Å². The van der Waals surface area contributed by atoms with Crippen LogP contribution in [0.4, 0.5) is 0 Å². The van der Waals surface area contributed by atoms with Crippen LogP contribution in [0.2, 0.25) is 0 Å². The molecule has 0 aliphatic rings. The Bertz CT molecular complexity index is 410. The van der Waals surface area contributed by atoms with E-state index in [1.807, 2.05) is 12.1 Å². The van der Waals surface area contributed by atoms with E-state index in [0.717, 1.165) is 9.86 Å². The van der Waals surface area contributed by atoms with Crippen LogP contribution in [0.15, 0.2) is 34.9 Å². The average Bonchev–Trinajstić information content (AvgIpc) is 2.25. The summed E-state index contributed by atoms with van der Waals surface area (Å²) in [5.41, 5.74) is 0.631. The van der Waals surface area contributed by atoms with E-state index in [4.69, 9.17) is 5.11 Å². The number of aromatic hydroxyl groups is 1. The summed E-state index contributed by atoms with van der Waals surface area (Å²) in [6, 6.07) is 7.18. The summed E-state index contributed by atoms with van der Waals surface area (Å²) in [5.74, 6) is 0.216. The third-order valence-corrected chi connectivity index (χ3v) is 2.39. The molecular weight excluding hydrogens is 281 g/mol. The van der Waals surface area contributed by atoms with E-state index in [2.05, 4.69) is 20.9 Å². The first-order chi connectivity index (χ1) is 7.20. The topological polar surface area (TPSA) is 53.4 Å². The van der Waals surface area contributed by atoms with Crippen LogP contribution in [0.25, 0.3) is 10.9 Å². The molecule has 0 saturated carbocycles. The van der Waals surface area contributed by atoms with Gasteiger partial charge in [-0.2, -0.15) is 0 Å². The molecule has 0 amide bonds. The Morgan fingerprint density at radius 1 is 1.31 bits per heavy atom. The molecule has 16 heavy (non-hydrogen) atoms. The molecule has 0 saturated heterocycles. The molecule has 1 heterocycles. The van der Waals surface area contributed by atoms with Crippen LogP contribution < -0.4 is 0 Å². The molecule has 3 nitrogen and oxygen atoms in total. The molecule has 0 atom stereocenters. The molecule has 2 aromatic rings. The van der Waals surface area contributed by atoms with Gasteiger partial charge >= 0.3 is 29.6 Å². The first-order valence-electron chi connectivity index (χ1n) is 4.53. The first kappa shape index (κ1) is 15.9. The summed E-state index contributed by atoms with van der Waals surface area (Å²) in [6.07, 6.45) is 1.66. The minimum absolute atomic E-state index is 0. The Labute approximate surface area is 125 Å². The fourth-order valence-corrected chi connectivity index (χ4v) is 1.58. The third kappa shape index (κ3) is 4.03. The van der Waals surface area contributed by atoms with Gasteiger partial charge in [0.15, 0.2) is 0 Å². The number of hydrogen-bond acceptors (Lipinski definition) is 3. The number of aromatic nitrogens is 1. The van der Waals surface area contributed by atoms with Crippen molar-refractivity contribution in [2.24, 2.45) is 0 Å². The Hall–Kier alpha value is -0.130. The molecular formula is C11H13BrNNaO2. The predicted molar refractivity (Wildman–Crippen MR) is 71.0 cm³/mol. The molecule has 0 radical (unpaired) electrons. The van der Waals surface area contributed by atoms with Gasteiger partial charge in [-0.3, -0.25) is 4.98 Å². The van der Waals surface area contributed by atoms with E-state index in [9.17, 15) is 5.11 Å². The molecule has 0 bridgehead atoms. The number of aliphatic hydroxyl groups is 1. The van der Waals surface area contributed by atoms with Crippen molar-refractivity contribution in [2.75, 3.05) is 6.61 Å². The van der Waals surface area contributed by atoms with E-state index in [1.165, 1.54) is 0 Å². The number of phenols is 1. The van der Waals surface area contributed by atoms with Gasteiger partial charge < -0.3 is 10.2 Å². The number of hydrogen-bond donors (Lipinski definition) is 2. The van der Waals surface area contributed by atoms with Crippen molar-refractivity contribution >= 4 is 56.4 Å². The zero-order valence-corrected chi connectivity index (χ0v) is 9.90. The van der Waals surface area contributed by atoms with Gasteiger partial charge in [0.05, 0.1) is 0 Å². The van der Waals surface area contributed by atoms with E-state index in [1.54, 1.807) is 25.3 Å². The number of phenolic OH excluding ortho intramolecular Hbond substituents is 1. The SMILES string of the molecule is CCO.Oc1ccc(Br)c2cccnc12.[NaH]. The average molecular weight is 294 g/mol. The second-order valence-corrected chi connectivity index (χ2v) is 3.64. The van der Waals surface area contributed by atoms with Crippen molar-refractivity contribution in [3.8, 4) is 5.75 Å².